The van der Waals surface area contributed by atoms with Crippen LogP contribution in [0.3, 0.4) is 0 Å². The minimum Gasteiger partial charge on any atom is -0.347 e. The van der Waals surface area contributed by atoms with Crippen LogP contribution in [-0.4, -0.2) is 49.0 Å². The summed E-state index contributed by atoms with van der Waals surface area (Å²) in [6.07, 6.45) is 0. The molecule has 0 aliphatic heterocycles. The van der Waals surface area contributed by atoms with E-state index in [2.05, 4.69) is 26.6 Å². The molecule has 1 aromatic carbocycles. The lowest BCUT2D eigenvalue weighted by atomic mass is 10.1. The van der Waals surface area contributed by atoms with Gasteiger partial charge in [0.25, 0.3) is 5.91 Å². The van der Waals surface area contributed by atoms with Crippen molar-refractivity contribution >= 4 is 39.4 Å². The highest BCUT2D eigenvalue weighted by Crippen LogP contribution is 2.18. The number of amides is 3. The van der Waals surface area contributed by atoms with E-state index in [1.54, 1.807) is 52.2 Å². The van der Waals surface area contributed by atoms with Gasteiger partial charge in [-0.1, -0.05) is 41.9 Å². The van der Waals surface area contributed by atoms with Gasteiger partial charge in [-0.2, -0.15) is 0 Å². The zero-order chi connectivity index (χ0) is 19.1. The van der Waals surface area contributed by atoms with E-state index in [0.717, 1.165) is 4.47 Å². The zero-order valence-electron chi connectivity index (χ0n) is 14.6. The largest absolute Gasteiger partial charge is 0.347 e. The summed E-state index contributed by atoms with van der Waals surface area (Å²) in [5.74, 6) is -2.73. The molecule has 0 bridgehead atoms. The zero-order valence-corrected chi connectivity index (χ0v) is 16.2. The number of rotatable bonds is 7. The molecule has 0 spiro atoms. The van der Waals surface area contributed by atoms with E-state index < -0.39 is 29.6 Å². The molecule has 2 N–H and O–H groups in total. The molecule has 0 fully saturated rings. The van der Waals surface area contributed by atoms with Gasteiger partial charge in [0.2, 0.25) is 17.6 Å². The van der Waals surface area contributed by atoms with E-state index in [1.165, 1.54) is 4.90 Å². The molecule has 0 saturated carbocycles. The Labute approximate surface area is 155 Å². The number of Topliss-reactive ketones (excluding diaryl/α,β-unsaturated/α-hetero) is 1. The van der Waals surface area contributed by atoms with Crippen LogP contribution in [-0.2, 0) is 19.2 Å². The number of hydrogen-bond donors (Lipinski definition) is 2. The molecule has 0 aliphatic rings. The van der Waals surface area contributed by atoms with Crippen LogP contribution in [0.15, 0.2) is 28.7 Å². The van der Waals surface area contributed by atoms with Crippen molar-refractivity contribution in [2.24, 2.45) is 5.92 Å². The third kappa shape index (κ3) is 6.30. The molecule has 0 aromatic heterocycles. The fraction of sp³-hybridized carbons (Fsp3) is 0.412. The molecule has 0 aliphatic carbocycles. The number of benzene rings is 1. The van der Waals surface area contributed by atoms with Crippen LogP contribution in [0.25, 0.3) is 0 Å². The third-order valence-electron chi connectivity index (χ3n) is 3.35. The number of carbonyl (C=O) groups excluding carboxylic acids is 4. The van der Waals surface area contributed by atoms with Gasteiger partial charge in [-0.15, -0.1) is 0 Å². The fourth-order valence-electron chi connectivity index (χ4n) is 1.92. The van der Waals surface area contributed by atoms with Gasteiger partial charge in [-0.25, -0.2) is 0 Å². The van der Waals surface area contributed by atoms with Gasteiger partial charge in [0.1, 0.15) is 6.04 Å². The smallest absolute Gasteiger partial charge is 0.288 e. The number of hydrogen-bond acceptors (Lipinski definition) is 4. The summed E-state index contributed by atoms with van der Waals surface area (Å²) in [5.41, 5.74) is 0.611. The summed E-state index contributed by atoms with van der Waals surface area (Å²) in [7, 11) is 3.17. The molecule has 0 unspecified atom stereocenters. The summed E-state index contributed by atoms with van der Waals surface area (Å²) < 4.78 is 0.845. The maximum atomic E-state index is 12.4. The Morgan fingerprint density at radius 1 is 1.08 bits per heavy atom. The number of nitrogens with one attached hydrogen (secondary N) is 2. The van der Waals surface area contributed by atoms with Gasteiger partial charge in [-0.05, 0) is 17.7 Å². The first kappa shape index (κ1) is 20.8. The summed E-state index contributed by atoms with van der Waals surface area (Å²) in [6.45, 7) is 2.81. The molecule has 1 atom stereocenters. The predicted octanol–water partition coefficient (Wildman–Crippen LogP) is 1.04. The first-order chi connectivity index (χ1) is 11.6. The van der Waals surface area contributed by atoms with E-state index in [0.29, 0.717) is 5.56 Å². The molecule has 3 amide bonds. The van der Waals surface area contributed by atoms with Gasteiger partial charge in [0.05, 0.1) is 6.54 Å². The Bertz CT molecular complexity index is 656. The Balaban J connectivity index is 2.79. The van der Waals surface area contributed by atoms with Gasteiger partial charge in [0.15, 0.2) is 0 Å². The first-order valence-electron chi connectivity index (χ1n) is 7.71. The van der Waals surface area contributed by atoms with Crippen LogP contribution >= 0.6 is 15.9 Å². The molecular weight excluding hydrogens is 390 g/mol. The van der Waals surface area contributed by atoms with Gasteiger partial charge in [-0.3, -0.25) is 19.2 Å². The lowest BCUT2D eigenvalue weighted by molar-refractivity contribution is -0.140. The van der Waals surface area contributed by atoms with Crippen LogP contribution in [0.5, 0.6) is 0 Å². The molecule has 0 heterocycles. The standard InChI is InChI=1S/C17H22BrN3O4/c1-10(2)15(23)16(24)19-9-13(22)20-14(17(25)21(3)4)11-5-7-12(18)8-6-11/h5-8,10,14H,9H2,1-4H3,(H,19,24)(H,20,22)/t14-/m0/s1. The van der Waals surface area contributed by atoms with E-state index in [4.69, 9.17) is 0 Å². The molecule has 136 valence electrons. The lowest BCUT2D eigenvalue weighted by Crippen LogP contribution is -2.45. The number of ketones is 1. The second kappa shape index (κ2) is 9.31. The lowest BCUT2D eigenvalue weighted by Gasteiger charge is -2.22. The number of likely N-dealkylation sites (N-methyl/N-ethyl adjacent to an activating group) is 1. The SMILES string of the molecule is CC(C)C(=O)C(=O)NCC(=O)N[C@H](C(=O)N(C)C)c1ccc(Br)cc1. The quantitative estimate of drug-likeness (QED) is 0.655. The van der Waals surface area contributed by atoms with E-state index in [9.17, 15) is 19.2 Å². The normalized spacial score (nSPS) is 11.6. The maximum Gasteiger partial charge on any atom is 0.288 e. The van der Waals surface area contributed by atoms with Crippen LogP contribution in [0.1, 0.15) is 25.5 Å². The molecule has 1 rings (SSSR count). The minimum absolute atomic E-state index is 0.305. The Kier molecular flexibility index (Phi) is 7.76. The second-order valence-corrected chi connectivity index (χ2v) is 6.90. The molecule has 7 nitrogen and oxygen atoms in total. The van der Waals surface area contributed by atoms with Crippen molar-refractivity contribution in [2.45, 2.75) is 19.9 Å². The summed E-state index contributed by atoms with van der Waals surface area (Å²) in [4.78, 5) is 48.9. The fourth-order valence-corrected chi connectivity index (χ4v) is 2.19. The van der Waals surface area contributed by atoms with E-state index >= 15 is 0 Å². The van der Waals surface area contributed by atoms with Crippen molar-refractivity contribution in [1.82, 2.24) is 15.5 Å². The predicted molar refractivity (Wildman–Crippen MR) is 96.6 cm³/mol. The van der Waals surface area contributed by atoms with Crippen LogP contribution in [0.2, 0.25) is 0 Å². The molecule has 1 aromatic rings. The highest BCUT2D eigenvalue weighted by molar-refractivity contribution is 9.10. The van der Waals surface area contributed by atoms with E-state index in [1.807, 2.05) is 0 Å². The van der Waals surface area contributed by atoms with Crippen LogP contribution < -0.4 is 10.6 Å². The van der Waals surface area contributed by atoms with Crippen LogP contribution in [0, 0.1) is 5.92 Å². The Morgan fingerprint density at radius 2 is 1.64 bits per heavy atom. The molecular formula is C17H22BrN3O4. The van der Waals surface area contributed by atoms with Crippen molar-refractivity contribution in [2.75, 3.05) is 20.6 Å². The Morgan fingerprint density at radius 3 is 2.12 bits per heavy atom. The Hall–Kier alpha value is -2.22. The maximum absolute atomic E-state index is 12.4. The van der Waals surface area contributed by atoms with Crippen molar-refractivity contribution in [3.8, 4) is 0 Å². The number of nitrogens with zero attached hydrogens (tertiary/aromatic N) is 1. The van der Waals surface area contributed by atoms with Gasteiger partial charge < -0.3 is 15.5 Å². The summed E-state index contributed by atoms with van der Waals surface area (Å²) in [6, 6.07) is 6.09. The highest BCUT2D eigenvalue weighted by atomic mass is 79.9. The minimum atomic E-state index is -0.881. The van der Waals surface area contributed by atoms with Gasteiger partial charge in [0, 0.05) is 24.5 Å². The molecule has 0 saturated heterocycles. The van der Waals surface area contributed by atoms with Crippen molar-refractivity contribution in [3.05, 3.63) is 34.3 Å². The van der Waals surface area contributed by atoms with Crippen LogP contribution in [0.4, 0.5) is 0 Å². The van der Waals surface area contributed by atoms with E-state index in [-0.39, 0.29) is 12.5 Å². The average molecular weight is 412 g/mol. The van der Waals surface area contributed by atoms with Crippen molar-refractivity contribution in [3.63, 3.8) is 0 Å². The molecule has 8 heteroatoms. The second-order valence-electron chi connectivity index (χ2n) is 5.99. The monoisotopic (exact) mass is 411 g/mol. The molecule has 25 heavy (non-hydrogen) atoms. The van der Waals surface area contributed by atoms with Crippen molar-refractivity contribution in [1.29, 1.82) is 0 Å². The summed E-state index contributed by atoms with van der Waals surface area (Å²) >= 11 is 3.32. The first-order valence-corrected chi connectivity index (χ1v) is 8.50. The number of carbonyl (C=O) groups is 4. The van der Waals surface area contributed by atoms with Crippen molar-refractivity contribution < 1.29 is 19.2 Å². The highest BCUT2D eigenvalue weighted by Gasteiger charge is 2.25. The summed E-state index contributed by atoms with van der Waals surface area (Å²) in [5, 5.41) is 4.85. The van der Waals surface area contributed by atoms with Gasteiger partial charge >= 0.3 is 0 Å². The number of halogens is 1. The topological polar surface area (TPSA) is 95.6 Å². The third-order valence-corrected chi connectivity index (χ3v) is 3.88. The average Bonchev–Trinajstić information content (AvgIpc) is 2.56. The molecule has 0 radical (unpaired) electrons.